The van der Waals surface area contributed by atoms with Crippen LogP contribution in [0.1, 0.15) is 23.8 Å². The molecule has 0 radical (unpaired) electrons. The van der Waals surface area contributed by atoms with Crippen molar-refractivity contribution < 1.29 is 4.79 Å². The van der Waals surface area contributed by atoms with E-state index in [1.54, 1.807) is 35.1 Å². The summed E-state index contributed by atoms with van der Waals surface area (Å²) in [6.45, 7) is 2.62. The topological polar surface area (TPSA) is 59.3 Å². The lowest BCUT2D eigenvalue weighted by Gasteiger charge is -2.04. The SMILES string of the molecule is CCCNC(=O)c1nn2cccnc2c1-c1ccc(Cl)cc1. The molecule has 0 spiro atoms. The van der Waals surface area contributed by atoms with Gasteiger partial charge in [-0.2, -0.15) is 5.10 Å². The van der Waals surface area contributed by atoms with Crippen LogP contribution in [0.5, 0.6) is 0 Å². The van der Waals surface area contributed by atoms with E-state index in [9.17, 15) is 4.79 Å². The number of nitrogens with one attached hydrogen (secondary N) is 1. The summed E-state index contributed by atoms with van der Waals surface area (Å²) in [5.74, 6) is -0.197. The normalized spacial score (nSPS) is 10.8. The molecule has 0 aliphatic rings. The number of amides is 1. The second-order valence-corrected chi connectivity index (χ2v) is 5.31. The number of fused-ring (bicyclic) bond motifs is 1. The zero-order chi connectivity index (χ0) is 15.5. The van der Waals surface area contributed by atoms with E-state index in [0.717, 1.165) is 12.0 Å². The van der Waals surface area contributed by atoms with Crippen molar-refractivity contribution in [2.24, 2.45) is 0 Å². The van der Waals surface area contributed by atoms with E-state index in [-0.39, 0.29) is 5.91 Å². The van der Waals surface area contributed by atoms with Gasteiger partial charge in [-0.15, -0.1) is 0 Å². The highest BCUT2D eigenvalue weighted by Crippen LogP contribution is 2.28. The molecule has 3 aromatic rings. The maximum atomic E-state index is 12.4. The van der Waals surface area contributed by atoms with Gasteiger partial charge in [0.1, 0.15) is 0 Å². The average molecular weight is 315 g/mol. The van der Waals surface area contributed by atoms with Crippen LogP contribution in [-0.4, -0.2) is 27.0 Å². The highest BCUT2D eigenvalue weighted by Gasteiger charge is 2.21. The maximum absolute atomic E-state index is 12.4. The van der Waals surface area contributed by atoms with Crippen LogP contribution in [-0.2, 0) is 0 Å². The smallest absolute Gasteiger partial charge is 0.272 e. The van der Waals surface area contributed by atoms with Crippen LogP contribution in [0.2, 0.25) is 5.02 Å². The molecule has 0 aliphatic carbocycles. The van der Waals surface area contributed by atoms with Crippen molar-refractivity contribution in [2.45, 2.75) is 13.3 Å². The van der Waals surface area contributed by atoms with Crippen LogP contribution in [0.4, 0.5) is 0 Å². The molecule has 5 nitrogen and oxygen atoms in total. The second kappa shape index (κ2) is 6.15. The van der Waals surface area contributed by atoms with Gasteiger partial charge in [0.2, 0.25) is 0 Å². The molecule has 0 bridgehead atoms. The van der Waals surface area contributed by atoms with Crippen LogP contribution in [0.3, 0.4) is 0 Å². The molecule has 6 heteroatoms. The van der Waals surface area contributed by atoms with Crippen LogP contribution in [0.25, 0.3) is 16.8 Å². The molecule has 0 fully saturated rings. The van der Waals surface area contributed by atoms with Crippen LogP contribution in [0.15, 0.2) is 42.7 Å². The van der Waals surface area contributed by atoms with Crippen molar-refractivity contribution in [3.63, 3.8) is 0 Å². The van der Waals surface area contributed by atoms with Crippen LogP contribution in [0, 0.1) is 0 Å². The highest BCUT2D eigenvalue weighted by molar-refractivity contribution is 6.30. The van der Waals surface area contributed by atoms with Gasteiger partial charge in [0.25, 0.3) is 5.91 Å². The van der Waals surface area contributed by atoms with Crippen LogP contribution < -0.4 is 5.32 Å². The average Bonchev–Trinajstić information content (AvgIpc) is 2.93. The van der Waals surface area contributed by atoms with Gasteiger partial charge in [-0.1, -0.05) is 30.7 Å². The van der Waals surface area contributed by atoms with Gasteiger partial charge in [-0.3, -0.25) is 4.79 Å². The Balaban J connectivity index is 2.16. The number of hydrogen-bond acceptors (Lipinski definition) is 3. The number of halogens is 1. The summed E-state index contributed by atoms with van der Waals surface area (Å²) >= 11 is 5.95. The van der Waals surface area contributed by atoms with Gasteiger partial charge in [0, 0.05) is 24.0 Å². The molecule has 112 valence electrons. The fourth-order valence-corrected chi connectivity index (χ4v) is 2.38. The lowest BCUT2D eigenvalue weighted by molar-refractivity contribution is 0.0949. The number of hydrogen-bond donors (Lipinski definition) is 1. The Labute approximate surface area is 132 Å². The molecule has 3 rings (SSSR count). The van der Waals surface area contributed by atoms with E-state index in [4.69, 9.17) is 11.6 Å². The zero-order valence-electron chi connectivity index (χ0n) is 12.1. The third-order valence-electron chi connectivity index (χ3n) is 3.28. The number of benzene rings is 1. The molecule has 1 N–H and O–H groups in total. The highest BCUT2D eigenvalue weighted by atomic mass is 35.5. The van der Waals surface area contributed by atoms with Crippen molar-refractivity contribution in [3.05, 3.63) is 53.4 Å². The predicted octanol–water partition coefficient (Wildman–Crippen LogP) is 3.19. The van der Waals surface area contributed by atoms with Gasteiger partial charge in [0.15, 0.2) is 11.3 Å². The number of carbonyl (C=O) groups excluding carboxylic acids is 1. The van der Waals surface area contributed by atoms with Gasteiger partial charge >= 0.3 is 0 Å². The van der Waals surface area contributed by atoms with Gasteiger partial charge in [-0.25, -0.2) is 9.50 Å². The minimum Gasteiger partial charge on any atom is -0.351 e. The van der Waals surface area contributed by atoms with E-state index in [1.165, 1.54) is 0 Å². The quantitative estimate of drug-likeness (QED) is 0.804. The summed E-state index contributed by atoms with van der Waals surface area (Å²) in [6, 6.07) is 9.09. The van der Waals surface area contributed by atoms with E-state index < -0.39 is 0 Å². The minimum atomic E-state index is -0.197. The zero-order valence-corrected chi connectivity index (χ0v) is 12.8. The van der Waals surface area contributed by atoms with Gasteiger partial charge < -0.3 is 5.32 Å². The molecule has 0 unspecified atom stereocenters. The fraction of sp³-hybridized carbons (Fsp3) is 0.188. The summed E-state index contributed by atoms with van der Waals surface area (Å²) < 4.78 is 1.62. The Morgan fingerprint density at radius 3 is 2.82 bits per heavy atom. The van der Waals surface area contributed by atoms with E-state index in [2.05, 4.69) is 15.4 Å². The molecule has 0 saturated carbocycles. The third kappa shape index (κ3) is 2.67. The maximum Gasteiger partial charge on any atom is 0.272 e. The number of aromatic nitrogens is 3. The first kappa shape index (κ1) is 14.5. The number of carbonyl (C=O) groups is 1. The molecule has 0 saturated heterocycles. The molecule has 0 atom stereocenters. The van der Waals surface area contributed by atoms with Crippen molar-refractivity contribution in [3.8, 4) is 11.1 Å². The molecule has 2 heterocycles. The van der Waals surface area contributed by atoms with Crippen molar-refractivity contribution in [2.75, 3.05) is 6.54 Å². The molecule has 0 aliphatic heterocycles. The van der Waals surface area contributed by atoms with E-state index in [0.29, 0.717) is 28.5 Å². The Kier molecular flexibility index (Phi) is 4.06. The summed E-state index contributed by atoms with van der Waals surface area (Å²) in [7, 11) is 0. The third-order valence-corrected chi connectivity index (χ3v) is 3.53. The Hall–Kier alpha value is -2.40. The fourth-order valence-electron chi connectivity index (χ4n) is 2.25. The molecule has 1 amide bonds. The largest absolute Gasteiger partial charge is 0.351 e. The Bertz CT molecular complexity index is 811. The standard InChI is InChI=1S/C16H15ClN4O/c1-2-8-19-16(22)14-13(11-4-6-12(17)7-5-11)15-18-9-3-10-21(15)20-14/h3-7,9-10H,2,8H2,1H3,(H,19,22). The van der Waals surface area contributed by atoms with Crippen molar-refractivity contribution in [1.82, 2.24) is 19.9 Å². The first-order valence-electron chi connectivity index (χ1n) is 7.08. The van der Waals surface area contributed by atoms with Crippen molar-refractivity contribution in [1.29, 1.82) is 0 Å². The second-order valence-electron chi connectivity index (χ2n) is 4.87. The Morgan fingerprint density at radius 2 is 2.09 bits per heavy atom. The number of nitrogens with zero attached hydrogens (tertiary/aromatic N) is 3. The molecule has 2 aromatic heterocycles. The van der Waals surface area contributed by atoms with E-state index >= 15 is 0 Å². The molecule has 1 aromatic carbocycles. The monoisotopic (exact) mass is 314 g/mol. The number of rotatable bonds is 4. The van der Waals surface area contributed by atoms with Crippen molar-refractivity contribution >= 4 is 23.2 Å². The summed E-state index contributed by atoms with van der Waals surface area (Å²) in [6.07, 6.45) is 4.33. The van der Waals surface area contributed by atoms with Gasteiger partial charge in [-0.05, 0) is 30.2 Å². The Morgan fingerprint density at radius 1 is 1.32 bits per heavy atom. The summed E-state index contributed by atoms with van der Waals surface area (Å²) in [4.78, 5) is 16.7. The lowest BCUT2D eigenvalue weighted by Crippen LogP contribution is -2.25. The molecule has 22 heavy (non-hydrogen) atoms. The lowest BCUT2D eigenvalue weighted by atomic mass is 10.1. The van der Waals surface area contributed by atoms with Crippen LogP contribution >= 0.6 is 11.6 Å². The molecular weight excluding hydrogens is 300 g/mol. The first-order valence-corrected chi connectivity index (χ1v) is 7.46. The summed E-state index contributed by atoms with van der Waals surface area (Å²) in [5.41, 5.74) is 2.59. The molecular formula is C16H15ClN4O. The first-order chi connectivity index (χ1) is 10.7. The van der Waals surface area contributed by atoms with Gasteiger partial charge in [0.05, 0.1) is 5.56 Å². The summed E-state index contributed by atoms with van der Waals surface area (Å²) in [5, 5.41) is 7.88. The predicted molar refractivity (Wildman–Crippen MR) is 86.1 cm³/mol. The van der Waals surface area contributed by atoms with E-state index in [1.807, 2.05) is 19.1 Å². The minimum absolute atomic E-state index is 0.197.